The van der Waals surface area contributed by atoms with Gasteiger partial charge in [-0.3, -0.25) is 9.36 Å². The fourth-order valence-corrected chi connectivity index (χ4v) is 4.40. The second kappa shape index (κ2) is 8.67. The van der Waals surface area contributed by atoms with Gasteiger partial charge in [-0.05, 0) is 12.8 Å². The van der Waals surface area contributed by atoms with E-state index < -0.39 is 37.1 Å². The highest BCUT2D eigenvalue weighted by atomic mass is 16.6. The van der Waals surface area contributed by atoms with Crippen LogP contribution in [-0.4, -0.2) is 81.5 Å². The standard InChI is InChI=1S/C20H26N8O5/c21-16(32)10-6-23-28(7-10)20-25-17(24-11-4-2-1-3-5-11)13-18(26-20)27(9-22-13)19-15(31)14(30)12(8-29)33-19/h6-7,9,11-12,14-15,19,29-31H,1-5,8H2,(H2,21,32)(H,24,25,26)/t12-,14-,15-,19-/m1/s1. The molecule has 5 rings (SSSR count). The van der Waals surface area contributed by atoms with Crippen molar-refractivity contribution in [3.05, 3.63) is 24.3 Å². The van der Waals surface area contributed by atoms with Gasteiger partial charge in [0.15, 0.2) is 23.2 Å². The van der Waals surface area contributed by atoms with Crippen LogP contribution in [0.3, 0.4) is 0 Å². The number of anilines is 1. The molecule has 0 spiro atoms. The van der Waals surface area contributed by atoms with Crippen molar-refractivity contribution in [2.45, 2.75) is 62.7 Å². The van der Waals surface area contributed by atoms with Crippen LogP contribution in [0.25, 0.3) is 17.1 Å². The number of fused-ring (bicyclic) bond motifs is 1. The van der Waals surface area contributed by atoms with E-state index in [1.165, 1.54) is 34.4 Å². The Morgan fingerprint density at radius 2 is 2.00 bits per heavy atom. The molecule has 0 aromatic carbocycles. The normalized spacial score (nSPS) is 26.2. The monoisotopic (exact) mass is 458 g/mol. The van der Waals surface area contributed by atoms with Gasteiger partial charge in [0.2, 0.25) is 0 Å². The van der Waals surface area contributed by atoms with E-state index in [0.29, 0.717) is 17.0 Å². The molecule has 1 aliphatic carbocycles. The van der Waals surface area contributed by atoms with E-state index in [1.54, 1.807) is 0 Å². The van der Waals surface area contributed by atoms with Gasteiger partial charge in [-0.15, -0.1) is 0 Å². The molecule has 0 bridgehead atoms. The number of hydrogen-bond donors (Lipinski definition) is 5. The zero-order valence-corrected chi connectivity index (χ0v) is 17.8. The largest absolute Gasteiger partial charge is 0.394 e. The lowest BCUT2D eigenvalue weighted by Gasteiger charge is -2.23. The molecule has 33 heavy (non-hydrogen) atoms. The first kappa shape index (κ1) is 21.7. The Labute approximate surface area is 188 Å². The van der Waals surface area contributed by atoms with Crippen LogP contribution < -0.4 is 11.1 Å². The van der Waals surface area contributed by atoms with Crippen molar-refractivity contribution in [2.75, 3.05) is 11.9 Å². The lowest BCUT2D eigenvalue weighted by molar-refractivity contribution is -0.0511. The third-order valence-electron chi connectivity index (χ3n) is 6.22. The third kappa shape index (κ3) is 3.93. The fraction of sp³-hybridized carbons (Fsp3) is 0.550. The summed E-state index contributed by atoms with van der Waals surface area (Å²) in [5.41, 5.74) is 6.35. The minimum absolute atomic E-state index is 0.168. The minimum Gasteiger partial charge on any atom is -0.394 e. The number of amides is 1. The summed E-state index contributed by atoms with van der Waals surface area (Å²) in [6.45, 7) is -0.445. The maximum absolute atomic E-state index is 11.5. The first-order valence-electron chi connectivity index (χ1n) is 10.9. The molecule has 0 radical (unpaired) electrons. The highest BCUT2D eigenvalue weighted by molar-refractivity contribution is 5.92. The first-order valence-corrected chi connectivity index (χ1v) is 10.9. The Kier molecular flexibility index (Phi) is 5.70. The predicted octanol–water partition coefficient (Wildman–Crippen LogP) is -0.533. The second-order valence-corrected chi connectivity index (χ2v) is 8.44. The van der Waals surface area contributed by atoms with E-state index in [2.05, 4.69) is 25.4 Å². The van der Waals surface area contributed by atoms with Gasteiger partial charge in [0.05, 0.1) is 24.7 Å². The van der Waals surface area contributed by atoms with Crippen LogP contribution in [0, 0.1) is 0 Å². The molecule has 6 N–H and O–H groups in total. The van der Waals surface area contributed by atoms with Crippen molar-refractivity contribution in [1.29, 1.82) is 0 Å². The van der Waals surface area contributed by atoms with E-state index in [0.717, 1.165) is 25.7 Å². The number of nitrogens with one attached hydrogen (secondary N) is 1. The summed E-state index contributed by atoms with van der Waals surface area (Å²) in [7, 11) is 0. The summed E-state index contributed by atoms with van der Waals surface area (Å²) >= 11 is 0. The van der Waals surface area contributed by atoms with Gasteiger partial charge >= 0.3 is 0 Å². The van der Waals surface area contributed by atoms with Crippen LogP contribution in [0.4, 0.5) is 5.82 Å². The SMILES string of the molecule is NC(=O)c1cnn(-c2nc(NC3CCCCC3)c3ncn([C@@H]4O[C@H](CO)[C@@H](O)[C@H]4O)c3n2)c1. The number of nitrogens with zero attached hydrogens (tertiary/aromatic N) is 6. The molecule has 176 valence electrons. The van der Waals surface area contributed by atoms with E-state index >= 15 is 0 Å². The predicted molar refractivity (Wildman–Crippen MR) is 114 cm³/mol. The van der Waals surface area contributed by atoms with Crippen molar-refractivity contribution in [3.63, 3.8) is 0 Å². The van der Waals surface area contributed by atoms with Crippen molar-refractivity contribution in [1.82, 2.24) is 29.3 Å². The first-order chi connectivity index (χ1) is 16.0. The lowest BCUT2D eigenvalue weighted by Crippen LogP contribution is -2.33. The zero-order chi connectivity index (χ0) is 23.1. The van der Waals surface area contributed by atoms with Crippen molar-refractivity contribution in [3.8, 4) is 5.95 Å². The summed E-state index contributed by atoms with van der Waals surface area (Å²) in [5, 5.41) is 37.7. The Morgan fingerprint density at radius 1 is 1.21 bits per heavy atom. The lowest BCUT2D eigenvalue weighted by atomic mass is 9.95. The molecular formula is C20H26N8O5. The van der Waals surface area contributed by atoms with Gasteiger partial charge in [-0.1, -0.05) is 19.3 Å². The summed E-state index contributed by atoms with van der Waals surface area (Å²) in [4.78, 5) is 25.1. The number of carbonyl (C=O) groups is 1. The summed E-state index contributed by atoms with van der Waals surface area (Å²) < 4.78 is 8.50. The Balaban J connectivity index is 1.59. The van der Waals surface area contributed by atoms with Crippen molar-refractivity contribution < 1.29 is 24.9 Å². The van der Waals surface area contributed by atoms with Crippen LogP contribution in [0.15, 0.2) is 18.7 Å². The number of hydrogen-bond acceptors (Lipinski definition) is 10. The molecular weight excluding hydrogens is 432 g/mol. The molecule has 1 aliphatic heterocycles. The quantitative estimate of drug-likeness (QED) is 0.321. The number of imidazole rings is 1. The van der Waals surface area contributed by atoms with Crippen LogP contribution in [0.1, 0.15) is 48.7 Å². The maximum Gasteiger partial charge on any atom is 0.254 e. The molecule has 1 saturated heterocycles. The molecule has 3 aromatic rings. The van der Waals surface area contributed by atoms with Crippen LogP contribution >= 0.6 is 0 Å². The van der Waals surface area contributed by atoms with Crippen molar-refractivity contribution in [2.24, 2.45) is 5.73 Å². The van der Waals surface area contributed by atoms with Crippen LogP contribution in [0.5, 0.6) is 0 Å². The number of aliphatic hydroxyl groups is 3. The van der Waals surface area contributed by atoms with Gasteiger partial charge in [-0.2, -0.15) is 15.1 Å². The smallest absolute Gasteiger partial charge is 0.254 e. The molecule has 13 nitrogen and oxygen atoms in total. The molecule has 1 saturated carbocycles. The maximum atomic E-state index is 11.5. The summed E-state index contributed by atoms with van der Waals surface area (Å²) in [6, 6.07) is 0.225. The molecule has 4 heterocycles. The number of nitrogens with two attached hydrogens (primary N) is 1. The van der Waals surface area contributed by atoms with E-state index in [4.69, 9.17) is 10.5 Å². The highest BCUT2D eigenvalue weighted by Crippen LogP contribution is 2.33. The number of rotatable bonds is 6. The van der Waals surface area contributed by atoms with E-state index in [-0.39, 0.29) is 17.6 Å². The third-order valence-corrected chi connectivity index (χ3v) is 6.22. The minimum atomic E-state index is -1.29. The number of aliphatic hydroxyl groups excluding tert-OH is 3. The second-order valence-electron chi connectivity index (χ2n) is 8.44. The van der Waals surface area contributed by atoms with Gasteiger partial charge < -0.3 is 31.1 Å². The van der Waals surface area contributed by atoms with Gasteiger partial charge in [0.1, 0.15) is 18.3 Å². The molecule has 4 atom stereocenters. The highest BCUT2D eigenvalue weighted by Gasteiger charge is 2.44. The zero-order valence-electron chi connectivity index (χ0n) is 17.8. The number of ether oxygens (including phenoxy) is 1. The Hall–Kier alpha value is -3.13. The molecule has 13 heteroatoms. The molecule has 1 amide bonds. The number of carbonyl (C=O) groups excluding carboxylic acids is 1. The average Bonchev–Trinajstić information content (AvgIpc) is 3.53. The molecule has 2 aliphatic rings. The van der Waals surface area contributed by atoms with Gasteiger partial charge in [0, 0.05) is 12.2 Å². The fourth-order valence-electron chi connectivity index (χ4n) is 4.40. The van der Waals surface area contributed by atoms with E-state index in [9.17, 15) is 20.1 Å². The number of primary amides is 1. The Bertz CT molecular complexity index is 1160. The summed E-state index contributed by atoms with van der Waals surface area (Å²) in [5.74, 6) is 0.0322. The number of aromatic nitrogens is 6. The van der Waals surface area contributed by atoms with Crippen LogP contribution in [-0.2, 0) is 4.74 Å². The summed E-state index contributed by atoms with van der Waals surface area (Å²) in [6.07, 6.45) is 5.16. The van der Waals surface area contributed by atoms with Crippen LogP contribution in [0.2, 0.25) is 0 Å². The topological polar surface area (TPSA) is 186 Å². The van der Waals surface area contributed by atoms with Gasteiger partial charge in [-0.25, -0.2) is 9.67 Å². The average molecular weight is 458 g/mol. The molecule has 3 aromatic heterocycles. The molecule has 2 fully saturated rings. The van der Waals surface area contributed by atoms with Gasteiger partial charge in [0.25, 0.3) is 11.9 Å². The Morgan fingerprint density at radius 3 is 2.67 bits per heavy atom. The van der Waals surface area contributed by atoms with E-state index in [1.807, 2.05) is 0 Å². The van der Waals surface area contributed by atoms with Crippen molar-refractivity contribution >= 4 is 22.9 Å². The molecule has 0 unspecified atom stereocenters.